The highest BCUT2D eigenvalue weighted by Crippen LogP contribution is 2.27. The number of benzene rings is 1. The van der Waals surface area contributed by atoms with Gasteiger partial charge in [0, 0.05) is 25.2 Å². The summed E-state index contributed by atoms with van der Waals surface area (Å²) in [4.78, 5) is 18.1. The molecular formula is C12H12N4O3. The number of ether oxygens (including phenoxy) is 1. The van der Waals surface area contributed by atoms with Crippen LogP contribution < -0.4 is 10.1 Å². The molecule has 7 nitrogen and oxygen atoms in total. The lowest BCUT2D eigenvalue weighted by Gasteiger charge is -2.08. The van der Waals surface area contributed by atoms with Crippen molar-refractivity contribution in [1.82, 2.24) is 9.97 Å². The molecular weight excluding hydrogens is 248 g/mol. The van der Waals surface area contributed by atoms with E-state index in [-0.39, 0.29) is 5.69 Å². The Balaban J connectivity index is 2.25. The summed E-state index contributed by atoms with van der Waals surface area (Å²) < 4.78 is 5.57. The van der Waals surface area contributed by atoms with Crippen LogP contribution in [0.4, 0.5) is 11.5 Å². The largest absolute Gasteiger partial charge is 0.439 e. The average molecular weight is 260 g/mol. The van der Waals surface area contributed by atoms with Crippen molar-refractivity contribution in [2.45, 2.75) is 6.92 Å². The van der Waals surface area contributed by atoms with Crippen molar-refractivity contribution in [3.8, 4) is 11.6 Å². The van der Waals surface area contributed by atoms with Crippen molar-refractivity contribution in [3.63, 3.8) is 0 Å². The van der Waals surface area contributed by atoms with Gasteiger partial charge in [-0.2, -0.15) is 0 Å². The van der Waals surface area contributed by atoms with Crippen LogP contribution in [-0.4, -0.2) is 21.9 Å². The number of rotatable bonds is 4. The smallest absolute Gasteiger partial charge is 0.269 e. The molecule has 1 aromatic carbocycles. The van der Waals surface area contributed by atoms with Crippen molar-refractivity contribution in [1.29, 1.82) is 0 Å². The Hall–Kier alpha value is -2.70. The first-order valence-corrected chi connectivity index (χ1v) is 5.53. The first-order valence-electron chi connectivity index (χ1n) is 5.53. The predicted molar refractivity (Wildman–Crippen MR) is 69.5 cm³/mol. The zero-order chi connectivity index (χ0) is 13.8. The topological polar surface area (TPSA) is 90.2 Å². The Bertz CT molecular complexity index is 616. The van der Waals surface area contributed by atoms with Crippen LogP contribution in [0.3, 0.4) is 0 Å². The van der Waals surface area contributed by atoms with Crippen molar-refractivity contribution in [2.24, 2.45) is 0 Å². The SMILES string of the molecule is CNc1cc(Oc2ccc([N+](=O)[O-])cc2C)ncn1. The molecule has 0 aliphatic heterocycles. The van der Waals surface area contributed by atoms with E-state index in [9.17, 15) is 10.1 Å². The number of nitro benzene ring substituents is 1. The minimum absolute atomic E-state index is 0.0310. The fraction of sp³-hybridized carbons (Fsp3) is 0.167. The van der Waals surface area contributed by atoms with E-state index < -0.39 is 4.92 Å². The molecule has 1 aromatic heterocycles. The fourth-order valence-electron chi connectivity index (χ4n) is 1.51. The van der Waals surface area contributed by atoms with Gasteiger partial charge in [-0.15, -0.1) is 0 Å². The predicted octanol–water partition coefficient (Wildman–Crippen LogP) is 2.53. The molecule has 19 heavy (non-hydrogen) atoms. The van der Waals surface area contributed by atoms with Crippen LogP contribution >= 0.6 is 0 Å². The number of nitro groups is 1. The molecule has 1 N–H and O–H groups in total. The fourth-order valence-corrected chi connectivity index (χ4v) is 1.51. The van der Waals surface area contributed by atoms with Gasteiger partial charge in [-0.1, -0.05) is 0 Å². The first kappa shape index (κ1) is 12.7. The van der Waals surface area contributed by atoms with Gasteiger partial charge in [0.25, 0.3) is 5.69 Å². The number of aromatic nitrogens is 2. The lowest BCUT2D eigenvalue weighted by Crippen LogP contribution is -1.96. The Morgan fingerprint density at radius 2 is 2.11 bits per heavy atom. The summed E-state index contributed by atoms with van der Waals surface area (Å²) >= 11 is 0. The lowest BCUT2D eigenvalue weighted by molar-refractivity contribution is -0.384. The average Bonchev–Trinajstić information content (AvgIpc) is 2.41. The van der Waals surface area contributed by atoms with Crippen LogP contribution in [-0.2, 0) is 0 Å². The lowest BCUT2D eigenvalue weighted by atomic mass is 10.2. The van der Waals surface area contributed by atoms with E-state index in [0.717, 1.165) is 0 Å². The number of anilines is 1. The van der Waals surface area contributed by atoms with Gasteiger partial charge in [0.2, 0.25) is 5.88 Å². The van der Waals surface area contributed by atoms with E-state index in [1.54, 1.807) is 26.1 Å². The molecule has 1 heterocycles. The Morgan fingerprint density at radius 3 is 2.74 bits per heavy atom. The summed E-state index contributed by atoms with van der Waals surface area (Å²) in [6.45, 7) is 1.74. The third-order valence-corrected chi connectivity index (χ3v) is 2.48. The molecule has 0 aliphatic rings. The van der Waals surface area contributed by atoms with Gasteiger partial charge in [0.05, 0.1) is 4.92 Å². The van der Waals surface area contributed by atoms with Crippen LogP contribution in [0.2, 0.25) is 0 Å². The summed E-state index contributed by atoms with van der Waals surface area (Å²) in [6, 6.07) is 6.04. The molecule has 7 heteroatoms. The third kappa shape index (κ3) is 2.95. The van der Waals surface area contributed by atoms with Gasteiger partial charge in [0.1, 0.15) is 17.9 Å². The molecule has 0 atom stereocenters. The normalized spacial score (nSPS) is 10.0. The highest BCUT2D eigenvalue weighted by atomic mass is 16.6. The van der Waals surface area contributed by atoms with Crippen LogP contribution in [0.25, 0.3) is 0 Å². The highest BCUT2D eigenvalue weighted by Gasteiger charge is 2.10. The monoisotopic (exact) mass is 260 g/mol. The second-order valence-electron chi connectivity index (χ2n) is 3.80. The van der Waals surface area contributed by atoms with Gasteiger partial charge in [0.15, 0.2) is 0 Å². The number of nitrogens with zero attached hydrogens (tertiary/aromatic N) is 3. The molecule has 0 fully saturated rings. The molecule has 0 bridgehead atoms. The third-order valence-electron chi connectivity index (χ3n) is 2.48. The number of non-ortho nitro benzene ring substituents is 1. The van der Waals surface area contributed by atoms with E-state index >= 15 is 0 Å². The summed E-state index contributed by atoms with van der Waals surface area (Å²) in [7, 11) is 1.74. The number of nitrogens with one attached hydrogen (secondary N) is 1. The van der Waals surface area contributed by atoms with Crippen molar-refractivity contribution < 1.29 is 9.66 Å². The number of aryl methyl sites for hydroxylation is 1. The van der Waals surface area contributed by atoms with Crippen molar-refractivity contribution in [3.05, 3.63) is 46.3 Å². The molecule has 2 rings (SSSR count). The molecule has 98 valence electrons. The summed E-state index contributed by atoms with van der Waals surface area (Å²) in [6.07, 6.45) is 1.38. The molecule has 0 radical (unpaired) electrons. The van der Waals surface area contributed by atoms with E-state index in [4.69, 9.17) is 4.74 Å². The maximum absolute atomic E-state index is 10.6. The van der Waals surface area contributed by atoms with E-state index in [0.29, 0.717) is 23.0 Å². The summed E-state index contributed by atoms with van der Waals surface area (Å²) in [5.41, 5.74) is 0.697. The maximum Gasteiger partial charge on any atom is 0.269 e. The number of hydrogen-bond acceptors (Lipinski definition) is 6. The first-order chi connectivity index (χ1) is 9.10. The van der Waals surface area contributed by atoms with Gasteiger partial charge in [-0.05, 0) is 18.6 Å². The second-order valence-corrected chi connectivity index (χ2v) is 3.80. The zero-order valence-electron chi connectivity index (χ0n) is 10.5. The van der Waals surface area contributed by atoms with Crippen molar-refractivity contribution in [2.75, 3.05) is 12.4 Å². The second kappa shape index (κ2) is 5.30. The molecule has 0 aliphatic carbocycles. The molecule has 0 amide bonds. The Kier molecular flexibility index (Phi) is 3.56. The van der Waals surface area contributed by atoms with E-state index in [2.05, 4.69) is 15.3 Å². The van der Waals surface area contributed by atoms with Gasteiger partial charge in [-0.25, -0.2) is 9.97 Å². The van der Waals surface area contributed by atoms with E-state index in [1.165, 1.54) is 18.5 Å². The molecule has 0 saturated carbocycles. The van der Waals surface area contributed by atoms with Crippen LogP contribution in [0.15, 0.2) is 30.6 Å². The summed E-state index contributed by atoms with van der Waals surface area (Å²) in [5.74, 6) is 1.52. The van der Waals surface area contributed by atoms with Gasteiger partial charge >= 0.3 is 0 Å². The van der Waals surface area contributed by atoms with Crippen LogP contribution in [0.1, 0.15) is 5.56 Å². The molecule has 0 unspecified atom stereocenters. The standard InChI is InChI=1S/C12H12N4O3/c1-8-5-9(16(17)18)3-4-10(8)19-12-6-11(13-2)14-7-15-12/h3-7H,1-2H3,(H,13,14,15). The van der Waals surface area contributed by atoms with Crippen molar-refractivity contribution >= 4 is 11.5 Å². The van der Waals surface area contributed by atoms with E-state index in [1.807, 2.05) is 0 Å². The Morgan fingerprint density at radius 1 is 1.32 bits per heavy atom. The molecule has 2 aromatic rings. The van der Waals surface area contributed by atoms with Gasteiger partial charge in [-0.3, -0.25) is 10.1 Å². The highest BCUT2D eigenvalue weighted by molar-refractivity contribution is 5.45. The number of hydrogen-bond donors (Lipinski definition) is 1. The minimum Gasteiger partial charge on any atom is -0.439 e. The summed E-state index contributed by atoms with van der Waals surface area (Å²) in [5, 5.41) is 13.5. The minimum atomic E-state index is -0.444. The van der Waals surface area contributed by atoms with Crippen LogP contribution in [0.5, 0.6) is 11.6 Å². The zero-order valence-corrected chi connectivity index (χ0v) is 10.5. The Labute approximate surface area is 109 Å². The van der Waals surface area contributed by atoms with Crippen LogP contribution in [0, 0.1) is 17.0 Å². The molecule has 0 spiro atoms. The quantitative estimate of drug-likeness (QED) is 0.671. The van der Waals surface area contributed by atoms with Gasteiger partial charge < -0.3 is 10.1 Å². The molecule has 0 saturated heterocycles. The maximum atomic E-state index is 10.6.